The highest BCUT2D eigenvalue weighted by molar-refractivity contribution is 7.98. The highest BCUT2D eigenvalue weighted by atomic mass is 35.5. The van der Waals surface area contributed by atoms with Gasteiger partial charge >= 0.3 is 0 Å². The van der Waals surface area contributed by atoms with Crippen molar-refractivity contribution in [2.24, 2.45) is 0 Å². The van der Waals surface area contributed by atoms with Crippen LogP contribution in [0.25, 0.3) is 0 Å². The normalized spacial score (nSPS) is 10.4. The number of pyridine rings is 1. The number of hydrogen-bond donors (Lipinski definition) is 1. The van der Waals surface area contributed by atoms with Crippen LogP contribution in [0.1, 0.15) is 11.5 Å². The third-order valence-electron chi connectivity index (χ3n) is 2.22. The molecule has 0 unspecified atom stereocenters. The molecule has 2 heterocycles. The van der Waals surface area contributed by atoms with Crippen LogP contribution in [0.4, 0.5) is 5.82 Å². The number of halogens is 1. The maximum Gasteiger partial charge on any atom is 0.141 e. The van der Waals surface area contributed by atoms with Gasteiger partial charge in [0, 0.05) is 25.0 Å². The highest BCUT2D eigenvalue weighted by Crippen LogP contribution is 2.26. The Labute approximate surface area is 115 Å². The molecular formula is C12H13ClN4S. The molecule has 0 aliphatic carbocycles. The first kappa shape index (κ1) is 13.1. The Balaban J connectivity index is 2.11. The summed E-state index contributed by atoms with van der Waals surface area (Å²) in [6.07, 6.45) is 1.73. The van der Waals surface area contributed by atoms with E-state index in [4.69, 9.17) is 11.6 Å². The van der Waals surface area contributed by atoms with Gasteiger partial charge in [-0.15, -0.1) is 0 Å². The largest absolute Gasteiger partial charge is 0.373 e. The molecule has 0 bridgehead atoms. The molecule has 0 aromatic carbocycles. The number of anilines is 1. The SMILES string of the molecule is CNc1cc(C)nc(CSc2ncccc2Cl)n1. The summed E-state index contributed by atoms with van der Waals surface area (Å²) >= 11 is 7.58. The van der Waals surface area contributed by atoms with Gasteiger partial charge in [-0.2, -0.15) is 0 Å². The zero-order valence-electron chi connectivity index (χ0n) is 10.1. The molecule has 94 valence electrons. The van der Waals surface area contributed by atoms with Crippen LogP contribution < -0.4 is 5.32 Å². The van der Waals surface area contributed by atoms with E-state index in [1.165, 1.54) is 11.8 Å². The molecule has 2 rings (SSSR count). The molecule has 1 N–H and O–H groups in total. The first-order valence-corrected chi connectivity index (χ1v) is 6.81. The van der Waals surface area contributed by atoms with Gasteiger partial charge in [-0.05, 0) is 19.1 Å². The predicted molar refractivity (Wildman–Crippen MR) is 75.1 cm³/mol. The number of nitrogens with zero attached hydrogens (tertiary/aromatic N) is 3. The van der Waals surface area contributed by atoms with E-state index in [1.807, 2.05) is 32.2 Å². The van der Waals surface area contributed by atoms with E-state index < -0.39 is 0 Å². The standard InChI is InChI=1S/C12H13ClN4S/c1-8-6-10(14-2)17-11(16-8)7-18-12-9(13)4-3-5-15-12/h3-6H,7H2,1-2H3,(H,14,16,17). The minimum Gasteiger partial charge on any atom is -0.373 e. The van der Waals surface area contributed by atoms with Crippen LogP contribution in [0.3, 0.4) is 0 Å². The summed E-state index contributed by atoms with van der Waals surface area (Å²) in [5.41, 5.74) is 0.942. The summed E-state index contributed by atoms with van der Waals surface area (Å²) in [7, 11) is 1.84. The molecule has 0 saturated carbocycles. The zero-order chi connectivity index (χ0) is 13.0. The summed E-state index contributed by atoms with van der Waals surface area (Å²) in [4.78, 5) is 13.0. The van der Waals surface area contributed by atoms with Gasteiger partial charge in [0.1, 0.15) is 16.7 Å². The summed E-state index contributed by atoms with van der Waals surface area (Å²) in [5.74, 6) is 2.24. The van der Waals surface area contributed by atoms with Gasteiger partial charge in [-0.25, -0.2) is 15.0 Å². The van der Waals surface area contributed by atoms with E-state index in [1.54, 1.807) is 6.20 Å². The van der Waals surface area contributed by atoms with Crippen LogP contribution in [0, 0.1) is 6.92 Å². The van der Waals surface area contributed by atoms with E-state index in [2.05, 4.69) is 20.3 Å². The highest BCUT2D eigenvalue weighted by Gasteiger charge is 2.05. The average Bonchev–Trinajstić information content (AvgIpc) is 2.37. The monoisotopic (exact) mass is 280 g/mol. The van der Waals surface area contributed by atoms with Crippen molar-refractivity contribution in [2.45, 2.75) is 17.7 Å². The number of aryl methyl sites for hydroxylation is 1. The van der Waals surface area contributed by atoms with Crippen molar-refractivity contribution < 1.29 is 0 Å². The average molecular weight is 281 g/mol. The van der Waals surface area contributed by atoms with Crippen LogP contribution >= 0.6 is 23.4 Å². The molecule has 0 amide bonds. The minimum atomic E-state index is 0.646. The van der Waals surface area contributed by atoms with Crippen LogP contribution in [-0.4, -0.2) is 22.0 Å². The predicted octanol–water partition coefficient (Wildman–Crippen LogP) is 3.17. The molecule has 0 radical (unpaired) electrons. The van der Waals surface area contributed by atoms with Gasteiger partial charge in [-0.3, -0.25) is 0 Å². The molecular weight excluding hydrogens is 268 g/mol. The van der Waals surface area contributed by atoms with Gasteiger partial charge in [-0.1, -0.05) is 23.4 Å². The molecule has 0 aliphatic heterocycles. The van der Waals surface area contributed by atoms with Gasteiger partial charge in [0.25, 0.3) is 0 Å². The van der Waals surface area contributed by atoms with E-state index >= 15 is 0 Å². The molecule has 2 aromatic rings. The van der Waals surface area contributed by atoms with E-state index in [0.29, 0.717) is 10.8 Å². The molecule has 4 nitrogen and oxygen atoms in total. The molecule has 2 aromatic heterocycles. The second-order valence-corrected chi connectivity index (χ2v) is 5.01. The number of thioether (sulfide) groups is 1. The number of aromatic nitrogens is 3. The third-order valence-corrected chi connectivity index (χ3v) is 3.64. The molecule has 0 spiro atoms. The first-order chi connectivity index (χ1) is 8.69. The lowest BCUT2D eigenvalue weighted by molar-refractivity contribution is 0.993. The maximum absolute atomic E-state index is 6.04. The fourth-order valence-electron chi connectivity index (χ4n) is 1.43. The van der Waals surface area contributed by atoms with Crippen molar-refractivity contribution in [1.82, 2.24) is 15.0 Å². The van der Waals surface area contributed by atoms with Gasteiger partial charge in [0.05, 0.1) is 10.8 Å². The second-order valence-electron chi connectivity index (χ2n) is 3.64. The van der Waals surface area contributed by atoms with Crippen LogP contribution in [-0.2, 0) is 5.75 Å². The van der Waals surface area contributed by atoms with Crippen molar-refractivity contribution in [3.05, 3.63) is 40.9 Å². The van der Waals surface area contributed by atoms with Gasteiger partial charge in [0.15, 0.2) is 0 Å². The van der Waals surface area contributed by atoms with Gasteiger partial charge < -0.3 is 5.32 Å². The molecule has 0 saturated heterocycles. The quantitative estimate of drug-likeness (QED) is 0.872. The molecule has 0 atom stereocenters. The lowest BCUT2D eigenvalue weighted by atomic mass is 10.4. The van der Waals surface area contributed by atoms with Gasteiger partial charge in [0.2, 0.25) is 0 Å². The third kappa shape index (κ3) is 3.34. The Hall–Kier alpha value is -1.33. The van der Waals surface area contributed by atoms with E-state index in [0.717, 1.165) is 22.4 Å². The second kappa shape index (κ2) is 6.02. The smallest absolute Gasteiger partial charge is 0.141 e. The number of nitrogens with one attached hydrogen (secondary N) is 1. The Morgan fingerprint density at radius 2 is 2.22 bits per heavy atom. The van der Waals surface area contributed by atoms with Crippen molar-refractivity contribution in [2.75, 3.05) is 12.4 Å². The fraction of sp³-hybridized carbons (Fsp3) is 0.250. The molecule has 0 fully saturated rings. The Kier molecular flexibility index (Phi) is 4.38. The Bertz CT molecular complexity index is 547. The molecule has 0 aliphatic rings. The topological polar surface area (TPSA) is 50.7 Å². The molecule has 6 heteroatoms. The summed E-state index contributed by atoms with van der Waals surface area (Å²) in [6, 6.07) is 5.55. The minimum absolute atomic E-state index is 0.646. The number of rotatable bonds is 4. The fourth-order valence-corrected chi connectivity index (χ4v) is 2.45. The maximum atomic E-state index is 6.04. The van der Waals surface area contributed by atoms with Crippen molar-refractivity contribution in [1.29, 1.82) is 0 Å². The van der Waals surface area contributed by atoms with Crippen molar-refractivity contribution in [3.8, 4) is 0 Å². The Morgan fingerprint density at radius 1 is 1.39 bits per heavy atom. The van der Waals surface area contributed by atoms with Crippen molar-refractivity contribution >= 4 is 29.2 Å². The summed E-state index contributed by atoms with van der Waals surface area (Å²) in [5, 5.41) is 4.47. The number of hydrogen-bond acceptors (Lipinski definition) is 5. The summed E-state index contributed by atoms with van der Waals surface area (Å²) < 4.78 is 0. The Morgan fingerprint density at radius 3 is 2.94 bits per heavy atom. The van der Waals surface area contributed by atoms with Crippen LogP contribution in [0.15, 0.2) is 29.4 Å². The van der Waals surface area contributed by atoms with E-state index in [-0.39, 0.29) is 0 Å². The van der Waals surface area contributed by atoms with Crippen LogP contribution in [0.2, 0.25) is 5.02 Å². The first-order valence-electron chi connectivity index (χ1n) is 5.44. The van der Waals surface area contributed by atoms with E-state index in [9.17, 15) is 0 Å². The molecule has 18 heavy (non-hydrogen) atoms. The lowest BCUT2D eigenvalue weighted by Crippen LogP contribution is -2.00. The van der Waals surface area contributed by atoms with Crippen molar-refractivity contribution in [3.63, 3.8) is 0 Å². The lowest BCUT2D eigenvalue weighted by Gasteiger charge is -2.05. The summed E-state index contributed by atoms with van der Waals surface area (Å²) in [6.45, 7) is 1.95. The van der Waals surface area contributed by atoms with Crippen LogP contribution in [0.5, 0.6) is 0 Å². The zero-order valence-corrected chi connectivity index (χ0v) is 11.7.